The van der Waals surface area contributed by atoms with Gasteiger partial charge in [-0.15, -0.1) is 0 Å². The molecule has 0 bridgehead atoms. The van der Waals surface area contributed by atoms with E-state index < -0.39 is 0 Å². The molecule has 1 aliphatic carbocycles. The standard InChI is InChI=1S/C14H13NO3/c1-18-14(17)8-5-6-12-11(7-8)9-3-2-4-10(9)13(16)15-12/h5-7H,2-4H2,1H3,(H,15,16). The number of ether oxygens (including phenoxy) is 1. The number of fused-ring (bicyclic) bond motifs is 3. The van der Waals surface area contributed by atoms with E-state index in [2.05, 4.69) is 4.98 Å². The minimum atomic E-state index is -0.352. The summed E-state index contributed by atoms with van der Waals surface area (Å²) < 4.78 is 4.72. The monoisotopic (exact) mass is 243 g/mol. The molecule has 3 rings (SSSR count). The molecule has 92 valence electrons. The highest BCUT2D eigenvalue weighted by Crippen LogP contribution is 2.26. The van der Waals surface area contributed by atoms with Crippen molar-refractivity contribution < 1.29 is 9.53 Å². The topological polar surface area (TPSA) is 59.2 Å². The summed E-state index contributed by atoms with van der Waals surface area (Å²) in [5, 5.41) is 0.963. The van der Waals surface area contributed by atoms with Crippen molar-refractivity contribution in [1.29, 1.82) is 0 Å². The molecule has 0 saturated carbocycles. The summed E-state index contributed by atoms with van der Waals surface area (Å²) in [5.74, 6) is -0.352. The minimum absolute atomic E-state index is 0.000757. The normalized spacial score (nSPS) is 13.6. The number of aryl methyl sites for hydroxylation is 1. The highest BCUT2D eigenvalue weighted by molar-refractivity contribution is 5.95. The average molecular weight is 243 g/mol. The first-order chi connectivity index (χ1) is 8.70. The zero-order valence-electron chi connectivity index (χ0n) is 10.1. The van der Waals surface area contributed by atoms with Gasteiger partial charge in [0.2, 0.25) is 0 Å². The Balaban J connectivity index is 2.31. The number of carbonyl (C=O) groups excluding carboxylic acids is 1. The lowest BCUT2D eigenvalue weighted by atomic mass is 10.0. The number of nitrogens with one attached hydrogen (secondary N) is 1. The smallest absolute Gasteiger partial charge is 0.337 e. The molecule has 0 atom stereocenters. The predicted molar refractivity (Wildman–Crippen MR) is 67.9 cm³/mol. The fourth-order valence-corrected chi connectivity index (χ4v) is 2.64. The van der Waals surface area contributed by atoms with Gasteiger partial charge in [0, 0.05) is 16.5 Å². The molecule has 0 amide bonds. The van der Waals surface area contributed by atoms with E-state index >= 15 is 0 Å². The van der Waals surface area contributed by atoms with E-state index in [4.69, 9.17) is 4.74 Å². The van der Waals surface area contributed by atoms with E-state index in [9.17, 15) is 9.59 Å². The summed E-state index contributed by atoms with van der Waals surface area (Å²) in [5.41, 5.74) is 3.25. The van der Waals surface area contributed by atoms with Gasteiger partial charge in [0.05, 0.1) is 12.7 Å². The zero-order valence-corrected chi connectivity index (χ0v) is 10.1. The molecule has 1 aliphatic rings. The van der Waals surface area contributed by atoms with E-state index in [0.29, 0.717) is 5.56 Å². The third-order valence-corrected chi connectivity index (χ3v) is 3.51. The molecule has 1 heterocycles. The van der Waals surface area contributed by atoms with Crippen LogP contribution in [0.4, 0.5) is 0 Å². The number of aromatic amines is 1. The molecule has 0 radical (unpaired) electrons. The Morgan fingerprint density at radius 2 is 2.06 bits per heavy atom. The van der Waals surface area contributed by atoms with Gasteiger partial charge < -0.3 is 9.72 Å². The maximum absolute atomic E-state index is 11.9. The van der Waals surface area contributed by atoms with Crippen LogP contribution in [0.15, 0.2) is 23.0 Å². The van der Waals surface area contributed by atoms with Crippen molar-refractivity contribution in [2.45, 2.75) is 19.3 Å². The summed E-state index contributed by atoms with van der Waals surface area (Å²) in [6.45, 7) is 0. The predicted octanol–water partition coefficient (Wildman–Crippen LogP) is 1.80. The molecule has 4 nitrogen and oxygen atoms in total. The lowest BCUT2D eigenvalue weighted by molar-refractivity contribution is 0.0601. The minimum Gasteiger partial charge on any atom is -0.465 e. The lowest BCUT2D eigenvalue weighted by Gasteiger charge is -2.06. The van der Waals surface area contributed by atoms with Crippen LogP contribution in [-0.2, 0) is 17.6 Å². The van der Waals surface area contributed by atoms with Gasteiger partial charge in [-0.3, -0.25) is 4.79 Å². The van der Waals surface area contributed by atoms with Crippen molar-refractivity contribution in [3.63, 3.8) is 0 Å². The number of carbonyl (C=O) groups is 1. The lowest BCUT2D eigenvalue weighted by Crippen LogP contribution is -2.12. The van der Waals surface area contributed by atoms with Crippen LogP contribution in [0, 0.1) is 0 Å². The average Bonchev–Trinajstić information content (AvgIpc) is 2.88. The Hall–Kier alpha value is -2.10. The molecule has 2 aromatic rings. The molecule has 1 aromatic carbocycles. The second-order valence-corrected chi connectivity index (χ2v) is 4.52. The summed E-state index contributed by atoms with van der Waals surface area (Å²) in [4.78, 5) is 26.2. The van der Waals surface area contributed by atoms with Gasteiger partial charge in [-0.1, -0.05) is 0 Å². The zero-order chi connectivity index (χ0) is 12.7. The number of esters is 1. The number of H-pyrrole nitrogens is 1. The van der Waals surface area contributed by atoms with Gasteiger partial charge in [-0.05, 0) is 43.0 Å². The third kappa shape index (κ3) is 1.53. The Kier molecular flexibility index (Phi) is 2.44. The van der Waals surface area contributed by atoms with Crippen LogP contribution in [0.25, 0.3) is 10.9 Å². The number of benzene rings is 1. The molecular weight excluding hydrogens is 230 g/mol. The number of aromatic nitrogens is 1. The van der Waals surface area contributed by atoms with Crippen LogP contribution in [0.3, 0.4) is 0 Å². The number of rotatable bonds is 1. The largest absolute Gasteiger partial charge is 0.465 e. The maximum Gasteiger partial charge on any atom is 0.337 e. The molecule has 1 N–H and O–H groups in total. The first-order valence-corrected chi connectivity index (χ1v) is 5.97. The van der Waals surface area contributed by atoms with Gasteiger partial charge in [0.25, 0.3) is 5.56 Å². The molecule has 0 saturated heterocycles. The first-order valence-electron chi connectivity index (χ1n) is 5.97. The van der Waals surface area contributed by atoms with Gasteiger partial charge in [0.15, 0.2) is 0 Å². The fraction of sp³-hybridized carbons (Fsp3) is 0.286. The number of hydrogen-bond acceptors (Lipinski definition) is 3. The van der Waals surface area contributed by atoms with Gasteiger partial charge in [-0.25, -0.2) is 4.79 Å². The van der Waals surface area contributed by atoms with Crippen molar-refractivity contribution in [3.05, 3.63) is 45.2 Å². The molecular formula is C14H13NO3. The Labute approximate surface area is 104 Å². The van der Waals surface area contributed by atoms with E-state index in [1.165, 1.54) is 7.11 Å². The van der Waals surface area contributed by atoms with Gasteiger partial charge >= 0.3 is 5.97 Å². The highest BCUT2D eigenvalue weighted by atomic mass is 16.5. The molecule has 0 unspecified atom stereocenters. The second-order valence-electron chi connectivity index (χ2n) is 4.52. The second kappa shape index (κ2) is 3.98. The van der Waals surface area contributed by atoms with Crippen LogP contribution in [0.2, 0.25) is 0 Å². The summed E-state index contributed by atoms with van der Waals surface area (Å²) in [6, 6.07) is 5.24. The highest BCUT2D eigenvalue weighted by Gasteiger charge is 2.18. The van der Waals surface area contributed by atoms with Crippen LogP contribution < -0.4 is 5.56 Å². The van der Waals surface area contributed by atoms with Crippen molar-refractivity contribution in [3.8, 4) is 0 Å². The van der Waals surface area contributed by atoms with Crippen LogP contribution in [-0.4, -0.2) is 18.1 Å². The first kappa shape index (κ1) is 11.0. The van der Waals surface area contributed by atoms with E-state index in [0.717, 1.165) is 41.3 Å². The Morgan fingerprint density at radius 1 is 1.28 bits per heavy atom. The summed E-state index contributed by atoms with van der Waals surface area (Å²) in [6.07, 6.45) is 2.73. The number of methoxy groups -OCH3 is 1. The van der Waals surface area contributed by atoms with Crippen LogP contribution in [0.5, 0.6) is 0 Å². The number of pyridine rings is 1. The van der Waals surface area contributed by atoms with Crippen molar-refractivity contribution in [2.24, 2.45) is 0 Å². The van der Waals surface area contributed by atoms with Crippen molar-refractivity contribution >= 4 is 16.9 Å². The van der Waals surface area contributed by atoms with Gasteiger partial charge in [0.1, 0.15) is 0 Å². The SMILES string of the molecule is COC(=O)c1ccc2[nH]c(=O)c3c(c2c1)CCC3. The van der Waals surface area contributed by atoms with E-state index in [1.807, 2.05) is 0 Å². The summed E-state index contributed by atoms with van der Waals surface area (Å²) in [7, 11) is 1.36. The van der Waals surface area contributed by atoms with Gasteiger partial charge in [-0.2, -0.15) is 0 Å². The molecule has 4 heteroatoms. The van der Waals surface area contributed by atoms with Crippen LogP contribution >= 0.6 is 0 Å². The van der Waals surface area contributed by atoms with Crippen molar-refractivity contribution in [2.75, 3.05) is 7.11 Å². The molecule has 0 spiro atoms. The van der Waals surface area contributed by atoms with Crippen LogP contribution in [0.1, 0.15) is 27.9 Å². The molecule has 18 heavy (non-hydrogen) atoms. The van der Waals surface area contributed by atoms with E-state index in [1.54, 1.807) is 18.2 Å². The molecule has 1 aromatic heterocycles. The van der Waals surface area contributed by atoms with E-state index in [-0.39, 0.29) is 11.5 Å². The number of hydrogen-bond donors (Lipinski definition) is 1. The molecule has 0 aliphatic heterocycles. The van der Waals surface area contributed by atoms with Crippen molar-refractivity contribution in [1.82, 2.24) is 4.98 Å². The Morgan fingerprint density at radius 3 is 2.83 bits per heavy atom. The fourth-order valence-electron chi connectivity index (χ4n) is 2.64. The summed E-state index contributed by atoms with van der Waals surface area (Å²) >= 11 is 0. The third-order valence-electron chi connectivity index (χ3n) is 3.51. The molecule has 0 fully saturated rings. The maximum atomic E-state index is 11.9. The quantitative estimate of drug-likeness (QED) is 0.777. The Bertz CT molecular complexity index is 700.